The minimum atomic E-state index is -3.62. The molecule has 0 radical (unpaired) electrons. The van der Waals surface area contributed by atoms with Gasteiger partial charge in [-0.2, -0.15) is 12.7 Å². The third kappa shape index (κ3) is 2.49. The first-order chi connectivity index (χ1) is 8.83. The number of likely N-dealkylation sites (N-methyl/N-ethyl adjacent to an activating group) is 1. The second-order valence-corrected chi connectivity index (χ2v) is 6.17. The van der Waals surface area contributed by atoms with Gasteiger partial charge in [0, 0.05) is 21.1 Å². The SMILES string of the molecule is CN1C(=O)COc2c(NS(=O)(=O)N(C)C)cccc21. The molecule has 0 unspecified atom stereocenters. The van der Waals surface area contributed by atoms with Gasteiger partial charge in [-0.3, -0.25) is 9.52 Å². The van der Waals surface area contributed by atoms with Gasteiger partial charge in [-0.05, 0) is 12.1 Å². The summed E-state index contributed by atoms with van der Waals surface area (Å²) in [7, 11) is 0.853. The number of hydrogen-bond acceptors (Lipinski definition) is 4. The monoisotopic (exact) mass is 285 g/mol. The number of amides is 1. The zero-order chi connectivity index (χ0) is 14.2. The number of hydrogen-bond donors (Lipinski definition) is 1. The largest absolute Gasteiger partial charge is 0.479 e. The molecule has 8 heteroatoms. The highest BCUT2D eigenvalue weighted by molar-refractivity contribution is 7.90. The molecule has 0 aliphatic carbocycles. The average Bonchev–Trinajstić information content (AvgIpc) is 2.34. The molecule has 1 aromatic rings. The van der Waals surface area contributed by atoms with Crippen molar-refractivity contribution in [3.05, 3.63) is 18.2 Å². The van der Waals surface area contributed by atoms with Crippen LogP contribution in [0.3, 0.4) is 0 Å². The number of benzene rings is 1. The molecule has 0 bridgehead atoms. The number of para-hydroxylation sites is 1. The molecule has 1 aromatic carbocycles. The van der Waals surface area contributed by atoms with Gasteiger partial charge in [-0.25, -0.2) is 0 Å². The number of rotatable bonds is 3. The molecule has 0 atom stereocenters. The van der Waals surface area contributed by atoms with Crippen molar-refractivity contribution in [1.82, 2.24) is 4.31 Å². The Labute approximate surface area is 111 Å². The normalized spacial score (nSPS) is 15.2. The zero-order valence-corrected chi connectivity index (χ0v) is 11.7. The Morgan fingerprint density at radius 2 is 2.05 bits per heavy atom. The third-order valence-corrected chi connectivity index (χ3v) is 4.23. The van der Waals surface area contributed by atoms with Crippen molar-refractivity contribution in [2.24, 2.45) is 0 Å². The molecule has 7 nitrogen and oxygen atoms in total. The van der Waals surface area contributed by atoms with Crippen LogP contribution in [0, 0.1) is 0 Å². The molecule has 1 heterocycles. The summed E-state index contributed by atoms with van der Waals surface area (Å²) in [5.74, 6) is 0.176. The molecular formula is C11H15N3O4S. The Bertz CT molecular complexity index is 612. The van der Waals surface area contributed by atoms with E-state index in [0.29, 0.717) is 17.1 Å². The maximum atomic E-state index is 11.8. The van der Waals surface area contributed by atoms with Crippen LogP contribution in [-0.4, -0.2) is 46.4 Å². The molecule has 19 heavy (non-hydrogen) atoms. The van der Waals surface area contributed by atoms with Crippen molar-refractivity contribution in [3.63, 3.8) is 0 Å². The van der Waals surface area contributed by atoms with Crippen molar-refractivity contribution in [1.29, 1.82) is 0 Å². The summed E-state index contributed by atoms with van der Waals surface area (Å²) in [6, 6.07) is 4.94. The molecular weight excluding hydrogens is 270 g/mol. The predicted octanol–water partition coefficient (Wildman–Crippen LogP) is 0.260. The summed E-state index contributed by atoms with van der Waals surface area (Å²) in [6.45, 7) is -0.107. The first-order valence-corrected chi connectivity index (χ1v) is 6.99. The van der Waals surface area contributed by atoms with Gasteiger partial charge in [0.2, 0.25) is 0 Å². The van der Waals surface area contributed by atoms with Gasteiger partial charge in [-0.15, -0.1) is 0 Å². The topological polar surface area (TPSA) is 79.0 Å². The number of carbonyl (C=O) groups excluding carboxylic acids is 1. The number of nitrogens with zero attached hydrogens (tertiary/aromatic N) is 2. The van der Waals surface area contributed by atoms with E-state index < -0.39 is 10.2 Å². The summed E-state index contributed by atoms with van der Waals surface area (Å²) in [6.07, 6.45) is 0. The molecule has 0 spiro atoms. The van der Waals surface area contributed by atoms with Gasteiger partial charge in [0.1, 0.15) is 0 Å². The van der Waals surface area contributed by atoms with Gasteiger partial charge in [0.15, 0.2) is 12.4 Å². The first-order valence-electron chi connectivity index (χ1n) is 5.55. The summed E-state index contributed by atoms with van der Waals surface area (Å²) >= 11 is 0. The van der Waals surface area contributed by atoms with E-state index in [2.05, 4.69) is 4.72 Å². The second kappa shape index (κ2) is 4.71. The molecule has 0 saturated heterocycles. The van der Waals surface area contributed by atoms with Gasteiger partial charge < -0.3 is 9.64 Å². The van der Waals surface area contributed by atoms with Gasteiger partial charge in [0.05, 0.1) is 11.4 Å². The van der Waals surface area contributed by atoms with Crippen molar-refractivity contribution >= 4 is 27.5 Å². The Morgan fingerprint density at radius 1 is 1.37 bits per heavy atom. The van der Waals surface area contributed by atoms with Crippen LogP contribution in [0.15, 0.2) is 18.2 Å². The molecule has 1 aliphatic rings. The lowest BCUT2D eigenvalue weighted by Gasteiger charge is -2.27. The van der Waals surface area contributed by atoms with Crippen LogP contribution >= 0.6 is 0 Å². The van der Waals surface area contributed by atoms with Crippen LogP contribution in [-0.2, 0) is 15.0 Å². The van der Waals surface area contributed by atoms with Crippen LogP contribution in [0.25, 0.3) is 0 Å². The van der Waals surface area contributed by atoms with Gasteiger partial charge in [0.25, 0.3) is 5.91 Å². The Balaban J connectivity index is 2.42. The number of fused-ring (bicyclic) bond motifs is 1. The molecule has 0 fully saturated rings. The zero-order valence-electron chi connectivity index (χ0n) is 10.9. The van der Waals surface area contributed by atoms with E-state index in [4.69, 9.17) is 4.74 Å². The van der Waals surface area contributed by atoms with E-state index in [0.717, 1.165) is 4.31 Å². The average molecular weight is 285 g/mol. The van der Waals surface area contributed by atoms with Crippen LogP contribution in [0.4, 0.5) is 11.4 Å². The minimum Gasteiger partial charge on any atom is -0.479 e. The van der Waals surface area contributed by atoms with Crippen LogP contribution in [0.5, 0.6) is 5.75 Å². The first kappa shape index (κ1) is 13.6. The van der Waals surface area contributed by atoms with E-state index in [1.807, 2.05) is 0 Å². The maximum absolute atomic E-state index is 11.8. The fourth-order valence-corrected chi connectivity index (χ4v) is 2.24. The highest BCUT2D eigenvalue weighted by atomic mass is 32.2. The smallest absolute Gasteiger partial charge is 0.301 e. The predicted molar refractivity (Wildman–Crippen MR) is 71.6 cm³/mol. The quantitative estimate of drug-likeness (QED) is 0.864. The van der Waals surface area contributed by atoms with Crippen molar-refractivity contribution in [2.75, 3.05) is 37.4 Å². The van der Waals surface area contributed by atoms with E-state index in [1.165, 1.54) is 19.0 Å². The molecule has 0 aromatic heterocycles. The number of anilines is 2. The molecule has 1 amide bonds. The number of nitrogens with one attached hydrogen (secondary N) is 1. The summed E-state index contributed by atoms with van der Waals surface area (Å²) in [5, 5.41) is 0. The van der Waals surface area contributed by atoms with E-state index in [1.54, 1.807) is 25.2 Å². The van der Waals surface area contributed by atoms with Crippen molar-refractivity contribution in [3.8, 4) is 5.75 Å². The maximum Gasteiger partial charge on any atom is 0.301 e. The van der Waals surface area contributed by atoms with Crippen LogP contribution < -0.4 is 14.4 Å². The lowest BCUT2D eigenvalue weighted by Crippen LogP contribution is -2.36. The Morgan fingerprint density at radius 3 is 2.68 bits per heavy atom. The van der Waals surface area contributed by atoms with Crippen molar-refractivity contribution in [2.45, 2.75) is 0 Å². The highest BCUT2D eigenvalue weighted by Crippen LogP contribution is 2.38. The lowest BCUT2D eigenvalue weighted by atomic mass is 10.2. The standard InChI is InChI=1S/C11H15N3O4S/c1-13(2)19(16,17)12-8-5-4-6-9-11(8)18-7-10(15)14(9)3/h4-6,12H,7H2,1-3H3. The van der Waals surface area contributed by atoms with Crippen LogP contribution in [0.2, 0.25) is 0 Å². The van der Waals surface area contributed by atoms with E-state index in [9.17, 15) is 13.2 Å². The molecule has 1 N–H and O–H groups in total. The third-order valence-electron chi connectivity index (χ3n) is 2.79. The number of ether oxygens (including phenoxy) is 1. The van der Waals surface area contributed by atoms with E-state index in [-0.39, 0.29) is 12.5 Å². The fourth-order valence-electron chi connectivity index (χ4n) is 1.62. The van der Waals surface area contributed by atoms with Gasteiger partial charge >= 0.3 is 10.2 Å². The summed E-state index contributed by atoms with van der Waals surface area (Å²) in [5.41, 5.74) is 0.848. The second-order valence-electron chi connectivity index (χ2n) is 4.28. The van der Waals surface area contributed by atoms with Crippen LogP contribution in [0.1, 0.15) is 0 Å². The molecule has 1 aliphatic heterocycles. The Kier molecular flexibility index (Phi) is 3.38. The molecule has 104 valence electrons. The number of carbonyl (C=O) groups is 1. The highest BCUT2D eigenvalue weighted by Gasteiger charge is 2.26. The van der Waals surface area contributed by atoms with E-state index >= 15 is 0 Å². The fraction of sp³-hybridized carbons (Fsp3) is 0.364. The molecule has 0 saturated carbocycles. The summed E-state index contributed by atoms with van der Waals surface area (Å²) in [4.78, 5) is 13.0. The van der Waals surface area contributed by atoms with Crippen molar-refractivity contribution < 1.29 is 17.9 Å². The minimum absolute atomic E-state index is 0.107. The van der Waals surface area contributed by atoms with Gasteiger partial charge in [-0.1, -0.05) is 6.07 Å². The summed E-state index contributed by atoms with van der Waals surface area (Å²) < 4.78 is 32.4. The molecule has 2 rings (SSSR count). The Hall–Kier alpha value is -1.80. The lowest BCUT2D eigenvalue weighted by molar-refractivity contribution is -0.120.